The van der Waals surface area contributed by atoms with Crippen LogP contribution in [0, 0.1) is 0 Å². The molecule has 0 radical (unpaired) electrons. The van der Waals surface area contributed by atoms with Gasteiger partial charge in [0.1, 0.15) is 5.76 Å². The van der Waals surface area contributed by atoms with Gasteiger partial charge in [0.15, 0.2) is 0 Å². The van der Waals surface area contributed by atoms with E-state index in [0.717, 1.165) is 15.6 Å². The Kier molecular flexibility index (Phi) is 6.24. The molecule has 0 saturated carbocycles. The first-order valence-corrected chi connectivity index (χ1v) is 9.48. The van der Waals surface area contributed by atoms with E-state index in [9.17, 15) is 9.59 Å². The predicted molar refractivity (Wildman–Crippen MR) is 107 cm³/mol. The van der Waals surface area contributed by atoms with Crippen molar-refractivity contribution in [3.63, 3.8) is 0 Å². The molecule has 0 saturated heterocycles. The van der Waals surface area contributed by atoms with Crippen molar-refractivity contribution in [1.29, 1.82) is 0 Å². The Morgan fingerprint density at radius 1 is 1.15 bits per heavy atom. The second kappa shape index (κ2) is 8.82. The van der Waals surface area contributed by atoms with Gasteiger partial charge < -0.3 is 9.47 Å². The number of hydrogen-bond acceptors (Lipinski definition) is 4. The van der Waals surface area contributed by atoms with Crippen molar-refractivity contribution in [1.82, 2.24) is 0 Å². The highest BCUT2D eigenvalue weighted by Gasteiger charge is 2.35. The molecule has 2 aromatic carbocycles. The Morgan fingerprint density at radius 3 is 2.52 bits per heavy atom. The van der Waals surface area contributed by atoms with Crippen molar-refractivity contribution in [3.05, 3.63) is 87.6 Å². The minimum Gasteiger partial charge on any atom is -0.463 e. The number of rotatable bonds is 5. The van der Waals surface area contributed by atoms with E-state index in [1.54, 1.807) is 13.0 Å². The van der Waals surface area contributed by atoms with Crippen LogP contribution in [-0.2, 0) is 19.1 Å². The summed E-state index contributed by atoms with van der Waals surface area (Å²) in [4.78, 5) is 24.9. The molecule has 5 heteroatoms. The monoisotopic (exact) mass is 426 g/mol. The van der Waals surface area contributed by atoms with Gasteiger partial charge in [-0.2, -0.15) is 0 Å². The molecule has 1 aliphatic heterocycles. The van der Waals surface area contributed by atoms with Crippen LogP contribution in [0.5, 0.6) is 0 Å². The summed E-state index contributed by atoms with van der Waals surface area (Å²) < 4.78 is 11.6. The smallest absolute Gasteiger partial charge is 0.338 e. The van der Waals surface area contributed by atoms with E-state index in [1.165, 1.54) is 0 Å². The van der Waals surface area contributed by atoms with Crippen molar-refractivity contribution in [2.75, 3.05) is 6.61 Å². The summed E-state index contributed by atoms with van der Waals surface area (Å²) >= 11 is 3.41. The molecule has 0 bridgehead atoms. The van der Waals surface area contributed by atoms with E-state index < -0.39 is 11.9 Å². The van der Waals surface area contributed by atoms with Crippen LogP contribution >= 0.6 is 15.9 Å². The van der Waals surface area contributed by atoms with Gasteiger partial charge in [0.05, 0.1) is 18.6 Å². The Balaban J connectivity index is 2.05. The molecule has 0 aliphatic carbocycles. The van der Waals surface area contributed by atoms with Gasteiger partial charge in [0.25, 0.3) is 0 Å². The van der Waals surface area contributed by atoms with Crippen molar-refractivity contribution in [3.8, 4) is 0 Å². The summed E-state index contributed by atoms with van der Waals surface area (Å²) in [7, 11) is 0. The van der Waals surface area contributed by atoms with Gasteiger partial charge in [-0.25, -0.2) is 4.79 Å². The number of benzene rings is 2. The van der Waals surface area contributed by atoms with Crippen LogP contribution < -0.4 is 0 Å². The van der Waals surface area contributed by atoms with Gasteiger partial charge in [-0.05, 0) is 36.3 Å². The maximum Gasteiger partial charge on any atom is 0.338 e. The van der Waals surface area contributed by atoms with Crippen molar-refractivity contribution in [2.45, 2.75) is 19.3 Å². The summed E-state index contributed by atoms with van der Waals surface area (Å²) in [6.07, 6.45) is 3.56. The first-order valence-electron chi connectivity index (χ1n) is 8.69. The zero-order valence-electron chi connectivity index (χ0n) is 14.9. The first kappa shape index (κ1) is 19.1. The number of carbonyl (C=O) groups is 2. The van der Waals surface area contributed by atoms with E-state index in [0.29, 0.717) is 5.57 Å². The van der Waals surface area contributed by atoms with E-state index in [-0.39, 0.29) is 24.8 Å². The summed E-state index contributed by atoms with van der Waals surface area (Å²) in [5, 5.41) is 0. The third kappa shape index (κ3) is 4.74. The molecule has 0 unspecified atom stereocenters. The zero-order chi connectivity index (χ0) is 19.2. The number of hydrogen-bond donors (Lipinski definition) is 0. The van der Waals surface area contributed by atoms with Gasteiger partial charge in [0.2, 0.25) is 0 Å². The molecule has 4 nitrogen and oxygen atoms in total. The largest absolute Gasteiger partial charge is 0.463 e. The number of allylic oxidation sites excluding steroid dienone is 1. The van der Waals surface area contributed by atoms with Crippen LogP contribution in [-0.4, -0.2) is 18.5 Å². The number of ether oxygens (including phenoxy) is 2. The normalized spacial score (nSPS) is 17.1. The molecule has 27 heavy (non-hydrogen) atoms. The lowest BCUT2D eigenvalue weighted by molar-refractivity contribution is -0.143. The molecule has 1 atom stereocenters. The van der Waals surface area contributed by atoms with Crippen LogP contribution in [0.3, 0.4) is 0 Å². The van der Waals surface area contributed by atoms with Gasteiger partial charge in [0, 0.05) is 10.4 Å². The first-order chi connectivity index (χ1) is 13.1. The highest BCUT2D eigenvalue weighted by atomic mass is 79.9. The summed E-state index contributed by atoms with van der Waals surface area (Å²) in [6.45, 7) is 2.00. The summed E-state index contributed by atoms with van der Waals surface area (Å²) in [6, 6.07) is 17.2. The lowest BCUT2D eigenvalue weighted by atomic mass is 9.85. The molecule has 3 rings (SSSR count). The second-order valence-electron chi connectivity index (χ2n) is 6.02. The lowest BCUT2D eigenvalue weighted by Crippen LogP contribution is -2.25. The number of carbonyl (C=O) groups excluding carboxylic acids is 2. The standard InChI is InChI=1S/C22H19BrO4/c1-2-26-22(25)21-18(16-9-11-17(23)12-10-16)14-20(24)27-19(21)13-8-15-6-4-3-5-7-15/h3-13,18H,2,14H2,1H3/b13-8+/t18-/m0/s1. The fourth-order valence-corrected chi connectivity index (χ4v) is 3.22. The molecule has 0 N–H and O–H groups in total. The van der Waals surface area contributed by atoms with E-state index >= 15 is 0 Å². The van der Waals surface area contributed by atoms with Gasteiger partial charge in [-0.1, -0.05) is 64.5 Å². The number of esters is 2. The molecule has 1 heterocycles. The van der Waals surface area contributed by atoms with E-state index in [2.05, 4.69) is 15.9 Å². The van der Waals surface area contributed by atoms with E-state index in [1.807, 2.05) is 60.7 Å². The zero-order valence-corrected chi connectivity index (χ0v) is 16.4. The minimum atomic E-state index is -0.467. The fourth-order valence-electron chi connectivity index (χ4n) is 2.95. The van der Waals surface area contributed by atoms with Crippen LogP contribution in [0.1, 0.15) is 30.4 Å². The quantitative estimate of drug-likeness (QED) is 0.630. The molecule has 1 aliphatic rings. The number of halogens is 1. The fraction of sp³-hybridized carbons (Fsp3) is 0.182. The Morgan fingerprint density at radius 2 is 1.85 bits per heavy atom. The average Bonchev–Trinajstić information content (AvgIpc) is 2.67. The molecule has 0 aromatic heterocycles. The second-order valence-corrected chi connectivity index (χ2v) is 6.94. The highest BCUT2D eigenvalue weighted by Crippen LogP contribution is 2.37. The van der Waals surface area contributed by atoms with Gasteiger partial charge >= 0.3 is 11.9 Å². The number of cyclic esters (lactones) is 1. The van der Waals surface area contributed by atoms with Crippen LogP contribution in [0.4, 0.5) is 0 Å². The topological polar surface area (TPSA) is 52.6 Å². The molecule has 0 fully saturated rings. The van der Waals surface area contributed by atoms with Crippen LogP contribution in [0.15, 0.2) is 76.5 Å². The summed E-state index contributed by atoms with van der Waals surface area (Å²) in [5.74, 6) is -1.01. The highest BCUT2D eigenvalue weighted by molar-refractivity contribution is 9.10. The molecule has 0 spiro atoms. The third-order valence-corrected chi connectivity index (χ3v) is 4.73. The Hall–Kier alpha value is -2.66. The summed E-state index contributed by atoms with van der Waals surface area (Å²) in [5.41, 5.74) is 2.17. The molecule has 138 valence electrons. The molecule has 2 aromatic rings. The van der Waals surface area contributed by atoms with Crippen LogP contribution in [0.25, 0.3) is 6.08 Å². The van der Waals surface area contributed by atoms with Crippen molar-refractivity contribution < 1.29 is 19.1 Å². The van der Waals surface area contributed by atoms with Gasteiger partial charge in [-0.15, -0.1) is 0 Å². The molecular formula is C22H19BrO4. The maximum absolute atomic E-state index is 12.7. The average molecular weight is 427 g/mol. The van der Waals surface area contributed by atoms with Crippen molar-refractivity contribution in [2.24, 2.45) is 0 Å². The van der Waals surface area contributed by atoms with Crippen molar-refractivity contribution >= 4 is 33.9 Å². The third-order valence-electron chi connectivity index (χ3n) is 4.20. The maximum atomic E-state index is 12.7. The Bertz CT molecular complexity index is 882. The van der Waals surface area contributed by atoms with Gasteiger partial charge in [-0.3, -0.25) is 4.79 Å². The molecular weight excluding hydrogens is 408 g/mol. The van der Waals surface area contributed by atoms with Crippen LogP contribution in [0.2, 0.25) is 0 Å². The predicted octanol–water partition coefficient (Wildman–Crippen LogP) is 5.01. The minimum absolute atomic E-state index is 0.0957. The van der Waals surface area contributed by atoms with E-state index in [4.69, 9.17) is 9.47 Å². The molecule has 0 amide bonds. The Labute approximate surface area is 166 Å². The lowest BCUT2D eigenvalue weighted by Gasteiger charge is -2.25. The SMILES string of the molecule is CCOC(=O)C1=C(/C=C/c2ccccc2)OC(=O)C[C@H]1c1ccc(Br)cc1.